The van der Waals surface area contributed by atoms with Gasteiger partial charge in [0.2, 0.25) is 0 Å². The number of ether oxygens (including phenoxy) is 2. The Bertz CT molecular complexity index is 1190. The van der Waals surface area contributed by atoms with Gasteiger partial charge in [0.1, 0.15) is 18.0 Å². The second kappa shape index (κ2) is 8.94. The van der Waals surface area contributed by atoms with E-state index >= 15 is 0 Å². The van der Waals surface area contributed by atoms with Gasteiger partial charge in [0.05, 0.1) is 16.2 Å². The molecule has 0 unspecified atom stereocenters. The lowest BCUT2D eigenvalue weighted by atomic mass is 10.0. The number of fused-ring (bicyclic) bond motifs is 1. The molecule has 0 atom stereocenters. The molecular formula is C26H26N2O5. The van der Waals surface area contributed by atoms with Gasteiger partial charge < -0.3 is 9.47 Å². The van der Waals surface area contributed by atoms with Crippen LogP contribution in [0, 0.1) is 10.1 Å². The number of anilines is 1. The lowest BCUT2D eigenvalue weighted by Gasteiger charge is -2.24. The standard InChI is InChI=1S/C26H26N2O5/c1-26(2,3)33-25(29)27-14-13-20-16-21(10-12-23(20)27)32-17-18-9-11-22(24(15-18)28(30)31)19-7-5-4-6-8-19/h4-12,15-16H,13-14,17H2,1-3H3. The summed E-state index contributed by atoms with van der Waals surface area (Å²) in [6, 6.07) is 20.0. The molecule has 0 spiro atoms. The van der Waals surface area contributed by atoms with Crippen LogP contribution in [0.25, 0.3) is 11.1 Å². The van der Waals surface area contributed by atoms with E-state index < -0.39 is 5.60 Å². The van der Waals surface area contributed by atoms with Crippen LogP contribution in [0.1, 0.15) is 31.9 Å². The molecule has 1 amide bonds. The summed E-state index contributed by atoms with van der Waals surface area (Å²) in [4.78, 5) is 25.4. The predicted molar refractivity (Wildman–Crippen MR) is 127 cm³/mol. The molecule has 1 aliphatic rings. The first-order valence-corrected chi connectivity index (χ1v) is 10.8. The molecule has 0 aromatic heterocycles. The number of nitro benzene ring substituents is 1. The van der Waals surface area contributed by atoms with Crippen LogP contribution in [-0.4, -0.2) is 23.2 Å². The summed E-state index contributed by atoms with van der Waals surface area (Å²) in [5.74, 6) is 0.648. The summed E-state index contributed by atoms with van der Waals surface area (Å²) >= 11 is 0. The third-order valence-corrected chi connectivity index (χ3v) is 5.31. The van der Waals surface area contributed by atoms with Gasteiger partial charge in [-0.05, 0) is 68.1 Å². The van der Waals surface area contributed by atoms with Crippen LogP contribution in [0.5, 0.6) is 5.75 Å². The van der Waals surface area contributed by atoms with E-state index in [1.807, 2.05) is 69.3 Å². The van der Waals surface area contributed by atoms with Gasteiger partial charge >= 0.3 is 6.09 Å². The fourth-order valence-electron chi connectivity index (χ4n) is 3.82. The third-order valence-electron chi connectivity index (χ3n) is 5.31. The molecule has 0 aliphatic carbocycles. The summed E-state index contributed by atoms with van der Waals surface area (Å²) in [7, 11) is 0. The number of amides is 1. The van der Waals surface area contributed by atoms with E-state index in [0.717, 1.165) is 16.8 Å². The molecule has 3 aromatic carbocycles. The van der Waals surface area contributed by atoms with Crippen molar-refractivity contribution >= 4 is 17.5 Å². The van der Waals surface area contributed by atoms with Crippen molar-refractivity contribution in [3.63, 3.8) is 0 Å². The Morgan fingerprint density at radius 1 is 1.06 bits per heavy atom. The Balaban J connectivity index is 1.48. The predicted octanol–water partition coefficient (Wildman–Crippen LogP) is 6.14. The van der Waals surface area contributed by atoms with Crippen molar-refractivity contribution in [2.45, 2.75) is 39.4 Å². The monoisotopic (exact) mass is 446 g/mol. The van der Waals surface area contributed by atoms with E-state index in [0.29, 0.717) is 29.8 Å². The fourth-order valence-corrected chi connectivity index (χ4v) is 3.82. The number of rotatable bonds is 5. The smallest absolute Gasteiger partial charge is 0.414 e. The molecule has 0 radical (unpaired) electrons. The maximum absolute atomic E-state index is 12.5. The molecule has 0 fully saturated rings. The van der Waals surface area contributed by atoms with Gasteiger partial charge in [0, 0.05) is 12.6 Å². The highest BCUT2D eigenvalue weighted by Crippen LogP contribution is 2.34. The number of carbonyl (C=O) groups excluding carboxylic acids is 1. The highest BCUT2D eigenvalue weighted by Gasteiger charge is 2.29. The molecule has 4 rings (SSSR count). The van der Waals surface area contributed by atoms with Crippen LogP contribution in [0.15, 0.2) is 66.7 Å². The molecule has 3 aromatic rings. The van der Waals surface area contributed by atoms with Crippen molar-refractivity contribution in [3.8, 4) is 16.9 Å². The number of carbonyl (C=O) groups is 1. The highest BCUT2D eigenvalue weighted by molar-refractivity contribution is 5.90. The number of nitrogens with zero attached hydrogens (tertiary/aromatic N) is 2. The molecule has 0 bridgehead atoms. The Morgan fingerprint density at radius 2 is 1.82 bits per heavy atom. The zero-order valence-corrected chi connectivity index (χ0v) is 18.9. The van der Waals surface area contributed by atoms with Crippen molar-refractivity contribution in [1.29, 1.82) is 0 Å². The first-order chi connectivity index (χ1) is 15.7. The van der Waals surface area contributed by atoms with Gasteiger partial charge in [-0.3, -0.25) is 15.0 Å². The highest BCUT2D eigenvalue weighted by atomic mass is 16.6. The lowest BCUT2D eigenvalue weighted by Crippen LogP contribution is -2.35. The van der Waals surface area contributed by atoms with Crippen LogP contribution >= 0.6 is 0 Å². The number of benzene rings is 3. The van der Waals surface area contributed by atoms with Crippen LogP contribution in [0.2, 0.25) is 0 Å². The number of nitro groups is 1. The average molecular weight is 447 g/mol. The van der Waals surface area contributed by atoms with Crippen molar-refractivity contribution in [2.75, 3.05) is 11.4 Å². The van der Waals surface area contributed by atoms with E-state index in [9.17, 15) is 14.9 Å². The lowest BCUT2D eigenvalue weighted by molar-refractivity contribution is -0.384. The molecule has 1 heterocycles. The van der Waals surface area contributed by atoms with Crippen molar-refractivity contribution in [3.05, 3.63) is 88.0 Å². The molecule has 0 saturated carbocycles. The van der Waals surface area contributed by atoms with Crippen LogP contribution in [0.3, 0.4) is 0 Å². The van der Waals surface area contributed by atoms with Gasteiger partial charge in [-0.2, -0.15) is 0 Å². The van der Waals surface area contributed by atoms with Gasteiger partial charge in [-0.15, -0.1) is 0 Å². The molecule has 7 nitrogen and oxygen atoms in total. The molecule has 7 heteroatoms. The van der Waals surface area contributed by atoms with E-state index in [4.69, 9.17) is 9.47 Å². The largest absolute Gasteiger partial charge is 0.489 e. The average Bonchev–Trinajstić information content (AvgIpc) is 3.20. The third kappa shape index (κ3) is 5.14. The summed E-state index contributed by atoms with van der Waals surface area (Å²) < 4.78 is 11.4. The Kier molecular flexibility index (Phi) is 6.05. The van der Waals surface area contributed by atoms with Crippen molar-refractivity contribution < 1.29 is 19.2 Å². The quantitative estimate of drug-likeness (QED) is 0.347. The SMILES string of the molecule is CC(C)(C)OC(=O)N1CCc2cc(OCc3ccc(-c4ccccc4)c([N+](=O)[O-])c3)ccc21. The maximum Gasteiger partial charge on any atom is 0.414 e. The topological polar surface area (TPSA) is 81.9 Å². The first kappa shape index (κ1) is 22.3. The van der Waals surface area contributed by atoms with E-state index in [-0.39, 0.29) is 23.3 Å². The van der Waals surface area contributed by atoms with Crippen molar-refractivity contribution in [1.82, 2.24) is 0 Å². The van der Waals surface area contributed by atoms with Crippen LogP contribution in [-0.2, 0) is 17.8 Å². The summed E-state index contributed by atoms with van der Waals surface area (Å²) in [5.41, 5.74) is 3.39. The number of hydrogen-bond acceptors (Lipinski definition) is 5. The van der Waals surface area contributed by atoms with Crippen molar-refractivity contribution in [2.24, 2.45) is 0 Å². The van der Waals surface area contributed by atoms with Gasteiger partial charge in [-0.25, -0.2) is 4.79 Å². The molecule has 0 saturated heterocycles. The van der Waals surface area contributed by atoms with Crippen LogP contribution < -0.4 is 9.64 Å². The summed E-state index contributed by atoms with van der Waals surface area (Å²) in [6.45, 7) is 6.28. The zero-order chi connectivity index (χ0) is 23.6. The minimum absolute atomic E-state index is 0.0456. The minimum Gasteiger partial charge on any atom is -0.489 e. The summed E-state index contributed by atoms with van der Waals surface area (Å²) in [6.07, 6.45) is 0.351. The normalized spacial score (nSPS) is 12.9. The zero-order valence-electron chi connectivity index (χ0n) is 18.9. The van der Waals surface area contributed by atoms with E-state index in [2.05, 4.69) is 0 Å². The Morgan fingerprint density at radius 3 is 2.52 bits per heavy atom. The maximum atomic E-state index is 12.5. The molecule has 0 N–H and O–H groups in total. The van der Waals surface area contributed by atoms with Gasteiger partial charge in [0.25, 0.3) is 5.69 Å². The van der Waals surface area contributed by atoms with Crippen LogP contribution in [0.4, 0.5) is 16.2 Å². The fraction of sp³-hybridized carbons (Fsp3) is 0.269. The van der Waals surface area contributed by atoms with E-state index in [1.165, 1.54) is 0 Å². The van der Waals surface area contributed by atoms with Gasteiger partial charge in [0.15, 0.2) is 0 Å². The second-order valence-corrected chi connectivity index (χ2v) is 8.94. The minimum atomic E-state index is -0.554. The molecule has 33 heavy (non-hydrogen) atoms. The Hall–Kier alpha value is -3.87. The number of hydrogen-bond donors (Lipinski definition) is 0. The molecule has 170 valence electrons. The Labute approximate surface area is 192 Å². The molecule has 1 aliphatic heterocycles. The summed E-state index contributed by atoms with van der Waals surface area (Å²) in [5, 5.41) is 11.6. The van der Waals surface area contributed by atoms with E-state index in [1.54, 1.807) is 23.1 Å². The first-order valence-electron chi connectivity index (χ1n) is 10.8. The second-order valence-electron chi connectivity index (χ2n) is 8.94. The van der Waals surface area contributed by atoms with Gasteiger partial charge in [-0.1, -0.05) is 36.4 Å². The molecular weight excluding hydrogens is 420 g/mol.